The van der Waals surface area contributed by atoms with Crippen LogP contribution in [0.1, 0.15) is 63.9 Å². The van der Waals surface area contributed by atoms with Crippen molar-refractivity contribution in [2.24, 2.45) is 0 Å². The molecule has 0 amide bonds. The summed E-state index contributed by atoms with van der Waals surface area (Å²) < 4.78 is 32.1. The number of carboxylic acid groups (broad SMARTS) is 1. The summed E-state index contributed by atoms with van der Waals surface area (Å²) in [5.41, 5.74) is 1.18. The molecule has 0 heterocycles. The SMILES string of the molecule is CCc1cccc(OCC(O)CCCCS(=O)(=O)NCCCCCCC(=O)O)c1. The molecule has 8 heteroatoms. The first-order valence-electron chi connectivity index (χ1n) is 10.4. The lowest BCUT2D eigenvalue weighted by Crippen LogP contribution is -2.27. The van der Waals surface area contributed by atoms with E-state index in [1.807, 2.05) is 24.3 Å². The summed E-state index contributed by atoms with van der Waals surface area (Å²) in [6, 6.07) is 7.76. The Bertz CT molecular complexity index is 692. The van der Waals surface area contributed by atoms with Crippen LogP contribution in [0.4, 0.5) is 0 Å². The zero-order chi connectivity index (χ0) is 21.5. The number of unbranched alkanes of at least 4 members (excludes halogenated alkanes) is 4. The molecule has 1 rings (SSSR count). The maximum atomic E-state index is 11.9. The fraction of sp³-hybridized carbons (Fsp3) is 0.667. The van der Waals surface area contributed by atoms with Crippen LogP contribution in [0.5, 0.6) is 5.75 Å². The van der Waals surface area contributed by atoms with Gasteiger partial charge < -0.3 is 14.9 Å². The maximum absolute atomic E-state index is 11.9. The molecule has 0 spiro atoms. The minimum Gasteiger partial charge on any atom is -0.491 e. The highest BCUT2D eigenvalue weighted by Crippen LogP contribution is 2.14. The van der Waals surface area contributed by atoms with Crippen molar-refractivity contribution in [1.29, 1.82) is 0 Å². The average molecular weight is 430 g/mol. The third-order valence-corrected chi connectivity index (χ3v) is 6.06. The fourth-order valence-electron chi connectivity index (χ4n) is 2.86. The number of benzene rings is 1. The zero-order valence-corrected chi connectivity index (χ0v) is 18.1. The van der Waals surface area contributed by atoms with Gasteiger partial charge in [0.15, 0.2) is 0 Å². The number of nitrogens with one attached hydrogen (secondary N) is 1. The van der Waals surface area contributed by atoms with Crippen molar-refractivity contribution in [2.75, 3.05) is 18.9 Å². The molecule has 166 valence electrons. The van der Waals surface area contributed by atoms with Crippen molar-refractivity contribution in [3.05, 3.63) is 29.8 Å². The Labute approximate surface area is 174 Å². The second kappa shape index (κ2) is 14.4. The molecule has 0 aliphatic heterocycles. The van der Waals surface area contributed by atoms with Gasteiger partial charge in [-0.2, -0.15) is 0 Å². The van der Waals surface area contributed by atoms with Crippen LogP contribution in [0, 0.1) is 0 Å². The second-order valence-electron chi connectivity index (χ2n) is 7.23. The van der Waals surface area contributed by atoms with Gasteiger partial charge in [0.25, 0.3) is 0 Å². The summed E-state index contributed by atoms with van der Waals surface area (Å²) in [4.78, 5) is 10.4. The van der Waals surface area contributed by atoms with E-state index >= 15 is 0 Å². The highest BCUT2D eigenvalue weighted by Gasteiger charge is 2.11. The van der Waals surface area contributed by atoms with Crippen molar-refractivity contribution in [1.82, 2.24) is 4.72 Å². The number of ether oxygens (including phenoxy) is 1. The van der Waals surface area contributed by atoms with E-state index < -0.39 is 22.1 Å². The van der Waals surface area contributed by atoms with E-state index in [0.29, 0.717) is 38.6 Å². The van der Waals surface area contributed by atoms with Crippen LogP contribution in [-0.2, 0) is 21.2 Å². The number of aryl methyl sites for hydroxylation is 1. The molecule has 0 aromatic heterocycles. The number of aliphatic hydroxyl groups excluding tert-OH is 1. The molecular weight excluding hydrogens is 394 g/mol. The molecule has 1 atom stereocenters. The third-order valence-electron chi connectivity index (χ3n) is 4.59. The molecule has 0 radical (unpaired) electrons. The minimum absolute atomic E-state index is 0.0398. The molecule has 0 fully saturated rings. The number of aliphatic carboxylic acids is 1. The quantitative estimate of drug-likeness (QED) is 0.328. The Hall–Kier alpha value is -1.64. The first kappa shape index (κ1) is 25.4. The Morgan fingerprint density at radius 2 is 1.90 bits per heavy atom. The summed E-state index contributed by atoms with van der Waals surface area (Å²) in [6.45, 7) is 2.64. The van der Waals surface area contributed by atoms with Crippen molar-refractivity contribution in [2.45, 2.75) is 70.8 Å². The number of hydrogen-bond donors (Lipinski definition) is 3. The van der Waals surface area contributed by atoms with Gasteiger partial charge >= 0.3 is 5.97 Å². The fourth-order valence-corrected chi connectivity index (χ4v) is 4.04. The van der Waals surface area contributed by atoms with Crippen molar-refractivity contribution in [3.8, 4) is 5.75 Å². The van der Waals surface area contributed by atoms with Gasteiger partial charge in [0.05, 0.1) is 11.9 Å². The number of rotatable bonds is 17. The smallest absolute Gasteiger partial charge is 0.303 e. The van der Waals surface area contributed by atoms with Gasteiger partial charge in [-0.25, -0.2) is 13.1 Å². The molecule has 7 nitrogen and oxygen atoms in total. The first-order chi connectivity index (χ1) is 13.8. The lowest BCUT2D eigenvalue weighted by Gasteiger charge is -2.13. The standard InChI is InChI=1S/C21H35NO6S/c1-2-18-10-9-12-20(16-18)28-17-19(23)11-6-8-15-29(26,27)22-14-7-4-3-5-13-21(24)25/h9-10,12,16,19,22-23H,2-8,11,13-15,17H2,1H3,(H,24,25). The van der Waals surface area contributed by atoms with Crippen LogP contribution < -0.4 is 9.46 Å². The van der Waals surface area contributed by atoms with Gasteiger partial charge in [-0.3, -0.25) is 4.79 Å². The van der Waals surface area contributed by atoms with E-state index in [4.69, 9.17) is 9.84 Å². The number of carbonyl (C=O) groups is 1. The number of carboxylic acids is 1. The van der Waals surface area contributed by atoms with Crippen molar-refractivity contribution >= 4 is 16.0 Å². The number of aliphatic hydroxyl groups is 1. The minimum atomic E-state index is -3.31. The van der Waals surface area contributed by atoms with Gasteiger partial charge in [-0.1, -0.05) is 31.9 Å². The van der Waals surface area contributed by atoms with E-state index in [9.17, 15) is 18.3 Å². The summed E-state index contributed by atoms with van der Waals surface area (Å²) in [7, 11) is -3.31. The van der Waals surface area contributed by atoms with Crippen LogP contribution >= 0.6 is 0 Å². The summed E-state index contributed by atoms with van der Waals surface area (Å²) in [6.07, 6.45) is 4.97. The number of hydrogen-bond acceptors (Lipinski definition) is 5. The molecule has 0 saturated heterocycles. The molecule has 3 N–H and O–H groups in total. The molecule has 0 saturated carbocycles. The molecule has 1 unspecified atom stereocenters. The third kappa shape index (κ3) is 13.2. The van der Waals surface area contributed by atoms with E-state index in [0.717, 1.165) is 25.0 Å². The molecule has 1 aromatic carbocycles. The highest BCUT2D eigenvalue weighted by molar-refractivity contribution is 7.89. The molecule has 0 aliphatic carbocycles. The van der Waals surface area contributed by atoms with Crippen LogP contribution in [-0.4, -0.2) is 49.6 Å². The van der Waals surface area contributed by atoms with Gasteiger partial charge in [0.2, 0.25) is 10.0 Å². The lowest BCUT2D eigenvalue weighted by molar-refractivity contribution is -0.137. The van der Waals surface area contributed by atoms with E-state index in [1.165, 1.54) is 5.56 Å². The van der Waals surface area contributed by atoms with E-state index in [2.05, 4.69) is 11.6 Å². The van der Waals surface area contributed by atoms with Crippen molar-refractivity contribution in [3.63, 3.8) is 0 Å². The molecule has 29 heavy (non-hydrogen) atoms. The van der Waals surface area contributed by atoms with Crippen molar-refractivity contribution < 1.29 is 28.2 Å². The van der Waals surface area contributed by atoms with Gasteiger partial charge in [-0.05, 0) is 56.2 Å². The lowest BCUT2D eigenvalue weighted by atomic mass is 10.1. The van der Waals surface area contributed by atoms with Gasteiger partial charge in [0, 0.05) is 13.0 Å². The van der Waals surface area contributed by atoms with E-state index in [1.54, 1.807) is 0 Å². The Kier molecular flexibility index (Phi) is 12.6. The molecule has 0 bridgehead atoms. The van der Waals surface area contributed by atoms with Crippen LogP contribution in [0.2, 0.25) is 0 Å². The van der Waals surface area contributed by atoms with Gasteiger partial charge in [0.1, 0.15) is 12.4 Å². The predicted molar refractivity (Wildman–Crippen MR) is 114 cm³/mol. The topological polar surface area (TPSA) is 113 Å². The maximum Gasteiger partial charge on any atom is 0.303 e. The Morgan fingerprint density at radius 3 is 2.62 bits per heavy atom. The highest BCUT2D eigenvalue weighted by atomic mass is 32.2. The summed E-state index contributed by atoms with van der Waals surface area (Å²) in [5, 5.41) is 18.6. The van der Waals surface area contributed by atoms with Crippen LogP contribution in [0.15, 0.2) is 24.3 Å². The van der Waals surface area contributed by atoms with Crippen LogP contribution in [0.25, 0.3) is 0 Å². The Balaban J connectivity index is 2.08. The normalized spacial score (nSPS) is 12.6. The molecular formula is C21H35NO6S. The Morgan fingerprint density at radius 1 is 1.14 bits per heavy atom. The number of sulfonamides is 1. The summed E-state index contributed by atoms with van der Waals surface area (Å²) >= 11 is 0. The largest absolute Gasteiger partial charge is 0.491 e. The van der Waals surface area contributed by atoms with E-state index in [-0.39, 0.29) is 18.8 Å². The average Bonchev–Trinajstić information content (AvgIpc) is 2.69. The van der Waals surface area contributed by atoms with Gasteiger partial charge in [-0.15, -0.1) is 0 Å². The molecule has 0 aliphatic rings. The molecule has 1 aromatic rings. The first-order valence-corrected chi connectivity index (χ1v) is 12.1. The predicted octanol–water partition coefficient (Wildman–Crippen LogP) is 3.11. The monoisotopic (exact) mass is 429 g/mol. The summed E-state index contributed by atoms with van der Waals surface area (Å²) in [5.74, 6) is -0.0239. The second-order valence-corrected chi connectivity index (χ2v) is 9.16. The van der Waals surface area contributed by atoms with Crippen LogP contribution in [0.3, 0.4) is 0 Å². The zero-order valence-electron chi connectivity index (χ0n) is 17.3.